The van der Waals surface area contributed by atoms with E-state index in [-0.39, 0.29) is 23.8 Å². The van der Waals surface area contributed by atoms with E-state index < -0.39 is 10.0 Å². The topological polar surface area (TPSA) is 87.6 Å². The van der Waals surface area contributed by atoms with Gasteiger partial charge in [0.1, 0.15) is 5.84 Å². The van der Waals surface area contributed by atoms with Crippen molar-refractivity contribution in [2.45, 2.75) is 17.9 Å². The summed E-state index contributed by atoms with van der Waals surface area (Å²) in [6.45, 7) is 0.727. The number of aliphatic imine (C=N–C) groups is 1. The van der Waals surface area contributed by atoms with Gasteiger partial charge in [-0.1, -0.05) is 18.2 Å². The first-order valence-corrected chi connectivity index (χ1v) is 9.38. The molecular weight excluding hydrogens is 334 g/mol. The maximum Gasteiger partial charge on any atom is 0.263 e. The van der Waals surface area contributed by atoms with Crippen LogP contribution in [0.15, 0.2) is 51.7 Å². The molecule has 120 valence electrons. The highest BCUT2D eigenvalue weighted by atomic mass is 32.2. The number of rotatable bonds is 5. The highest BCUT2D eigenvalue weighted by molar-refractivity contribution is 7.90. The van der Waals surface area contributed by atoms with Gasteiger partial charge in [-0.25, -0.2) is 8.42 Å². The maximum atomic E-state index is 11.9. The van der Waals surface area contributed by atoms with Crippen molar-refractivity contribution in [3.05, 3.63) is 52.2 Å². The minimum absolute atomic E-state index is 0.114. The van der Waals surface area contributed by atoms with E-state index in [1.807, 2.05) is 17.5 Å². The molecule has 0 saturated carbocycles. The summed E-state index contributed by atoms with van der Waals surface area (Å²) in [4.78, 5) is 17.3. The molecule has 0 saturated heterocycles. The third-order valence-corrected chi connectivity index (χ3v) is 5.58. The van der Waals surface area contributed by atoms with Crippen molar-refractivity contribution in [3.8, 4) is 0 Å². The largest absolute Gasteiger partial charge is 0.351 e. The molecule has 0 atom stereocenters. The van der Waals surface area contributed by atoms with Crippen molar-refractivity contribution in [1.29, 1.82) is 0 Å². The molecule has 0 radical (unpaired) electrons. The van der Waals surface area contributed by atoms with Gasteiger partial charge in [0.15, 0.2) is 0 Å². The number of nitrogens with zero attached hydrogens (tertiary/aromatic N) is 1. The zero-order valence-electron chi connectivity index (χ0n) is 12.2. The van der Waals surface area contributed by atoms with Crippen LogP contribution >= 0.6 is 11.3 Å². The van der Waals surface area contributed by atoms with Crippen molar-refractivity contribution in [1.82, 2.24) is 10.0 Å². The first-order valence-electron chi connectivity index (χ1n) is 7.02. The van der Waals surface area contributed by atoms with E-state index in [1.165, 1.54) is 6.07 Å². The van der Waals surface area contributed by atoms with Gasteiger partial charge in [0.2, 0.25) is 5.91 Å². The molecule has 0 fully saturated rings. The Morgan fingerprint density at radius 1 is 1.22 bits per heavy atom. The molecule has 1 aliphatic heterocycles. The zero-order chi connectivity index (χ0) is 16.3. The number of amides is 1. The van der Waals surface area contributed by atoms with Crippen LogP contribution in [0.1, 0.15) is 16.9 Å². The third kappa shape index (κ3) is 3.59. The number of hydrogen-bond donors (Lipinski definition) is 2. The minimum atomic E-state index is -3.53. The predicted molar refractivity (Wildman–Crippen MR) is 89.0 cm³/mol. The van der Waals surface area contributed by atoms with Crippen LogP contribution in [0.4, 0.5) is 0 Å². The first-order chi connectivity index (χ1) is 11.1. The molecule has 1 aliphatic rings. The van der Waals surface area contributed by atoms with Gasteiger partial charge in [-0.3, -0.25) is 14.5 Å². The summed E-state index contributed by atoms with van der Waals surface area (Å²) in [5, 5.41) is 4.76. The Bertz CT molecular complexity index is 843. The molecule has 6 nitrogen and oxygen atoms in total. The Morgan fingerprint density at radius 3 is 2.83 bits per heavy atom. The molecule has 2 N–H and O–H groups in total. The van der Waals surface area contributed by atoms with Gasteiger partial charge in [0.05, 0.1) is 18.0 Å². The van der Waals surface area contributed by atoms with E-state index in [4.69, 9.17) is 0 Å². The number of sulfonamides is 1. The summed E-state index contributed by atoms with van der Waals surface area (Å²) in [5.41, 5.74) is 0.548. The lowest BCUT2D eigenvalue weighted by Crippen LogP contribution is -2.24. The molecule has 2 heterocycles. The van der Waals surface area contributed by atoms with Crippen molar-refractivity contribution in [2.24, 2.45) is 4.99 Å². The lowest BCUT2D eigenvalue weighted by Gasteiger charge is -2.02. The molecule has 2 aromatic rings. The van der Waals surface area contributed by atoms with Gasteiger partial charge >= 0.3 is 0 Å². The lowest BCUT2D eigenvalue weighted by atomic mass is 10.2. The highest BCUT2D eigenvalue weighted by Gasteiger charge is 2.29. The van der Waals surface area contributed by atoms with Crippen LogP contribution in [-0.4, -0.2) is 26.7 Å². The van der Waals surface area contributed by atoms with Crippen molar-refractivity contribution >= 4 is 33.1 Å². The number of benzene rings is 1. The van der Waals surface area contributed by atoms with Crippen LogP contribution in [0.2, 0.25) is 0 Å². The monoisotopic (exact) mass is 349 g/mol. The van der Waals surface area contributed by atoms with Crippen LogP contribution in [0.3, 0.4) is 0 Å². The highest BCUT2D eigenvalue weighted by Crippen LogP contribution is 2.22. The van der Waals surface area contributed by atoms with Gasteiger partial charge in [-0.05, 0) is 23.6 Å². The Balaban J connectivity index is 1.58. The molecule has 1 amide bonds. The summed E-state index contributed by atoms with van der Waals surface area (Å²) in [6.07, 6.45) is 0.207. The molecular formula is C15H15N3O3S2. The molecule has 0 unspecified atom stereocenters. The van der Waals surface area contributed by atoms with Crippen LogP contribution in [-0.2, 0) is 21.4 Å². The van der Waals surface area contributed by atoms with Gasteiger partial charge in [-0.2, -0.15) is 0 Å². The van der Waals surface area contributed by atoms with E-state index in [0.29, 0.717) is 17.9 Å². The number of nitrogens with one attached hydrogen (secondary N) is 2. The fourth-order valence-corrected chi connectivity index (χ4v) is 4.10. The van der Waals surface area contributed by atoms with Crippen molar-refractivity contribution in [2.75, 3.05) is 6.54 Å². The van der Waals surface area contributed by atoms with Crippen molar-refractivity contribution < 1.29 is 13.2 Å². The number of thiophene rings is 1. The number of amidine groups is 1. The third-order valence-electron chi connectivity index (χ3n) is 3.31. The summed E-state index contributed by atoms with van der Waals surface area (Å²) in [5.74, 6) is 0.184. The quantitative estimate of drug-likeness (QED) is 0.857. The van der Waals surface area contributed by atoms with E-state index in [0.717, 1.165) is 4.88 Å². The smallest absolute Gasteiger partial charge is 0.263 e. The van der Waals surface area contributed by atoms with Crippen molar-refractivity contribution in [3.63, 3.8) is 0 Å². The Kier molecular flexibility index (Phi) is 4.44. The fourth-order valence-electron chi connectivity index (χ4n) is 2.21. The number of carbonyl (C=O) groups excluding carboxylic acids is 1. The standard InChI is InChI=1S/C15H15N3O3S2/c19-14(17-10-11-4-3-9-22-11)7-8-16-15-12-5-1-2-6-13(12)23(20,21)18-15/h1-6,9H,7-8,10H2,(H,16,18)(H,17,19). The summed E-state index contributed by atoms with van der Waals surface area (Å²) in [7, 11) is -3.53. The molecule has 3 rings (SSSR count). The summed E-state index contributed by atoms with van der Waals surface area (Å²) < 4.78 is 26.3. The second kappa shape index (κ2) is 6.51. The van der Waals surface area contributed by atoms with E-state index in [1.54, 1.807) is 29.5 Å². The molecule has 23 heavy (non-hydrogen) atoms. The maximum absolute atomic E-state index is 11.9. The van der Waals surface area contributed by atoms with Gasteiger partial charge in [-0.15, -0.1) is 11.3 Å². The van der Waals surface area contributed by atoms with Gasteiger partial charge < -0.3 is 5.32 Å². The SMILES string of the molecule is O=C(CCN=C1NS(=O)(=O)c2ccccc21)NCc1cccs1. The number of carbonyl (C=O) groups is 1. The zero-order valence-corrected chi connectivity index (χ0v) is 13.8. The first kappa shape index (κ1) is 15.7. The average molecular weight is 349 g/mol. The molecule has 1 aromatic heterocycles. The second-order valence-electron chi connectivity index (χ2n) is 4.94. The minimum Gasteiger partial charge on any atom is -0.351 e. The summed E-state index contributed by atoms with van der Waals surface area (Å²) in [6, 6.07) is 10.5. The average Bonchev–Trinajstić information content (AvgIpc) is 3.13. The number of hydrogen-bond acceptors (Lipinski definition) is 5. The fraction of sp³-hybridized carbons (Fsp3) is 0.200. The van der Waals surface area contributed by atoms with Gasteiger partial charge in [0.25, 0.3) is 10.0 Å². The molecule has 1 aromatic carbocycles. The molecule has 8 heteroatoms. The number of fused-ring (bicyclic) bond motifs is 1. The molecule has 0 spiro atoms. The lowest BCUT2D eigenvalue weighted by molar-refractivity contribution is -0.121. The van der Waals surface area contributed by atoms with Gasteiger partial charge in [0, 0.05) is 16.9 Å². The Hall–Kier alpha value is -2.19. The van der Waals surface area contributed by atoms with Crippen LogP contribution in [0.25, 0.3) is 0 Å². The van der Waals surface area contributed by atoms with E-state index >= 15 is 0 Å². The predicted octanol–water partition coefficient (Wildman–Crippen LogP) is 1.49. The van der Waals surface area contributed by atoms with Crippen LogP contribution in [0.5, 0.6) is 0 Å². The van der Waals surface area contributed by atoms with Crippen LogP contribution < -0.4 is 10.0 Å². The normalized spacial score (nSPS) is 16.8. The van der Waals surface area contributed by atoms with E-state index in [2.05, 4.69) is 15.0 Å². The second-order valence-corrected chi connectivity index (χ2v) is 7.62. The Morgan fingerprint density at radius 2 is 2.04 bits per heavy atom. The van der Waals surface area contributed by atoms with Crippen LogP contribution in [0, 0.1) is 0 Å². The molecule has 0 aliphatic carbocycles. The summed E-state index contributed by atoms with van der Waals surface area (Å²) >= 11 is 1.58. The molecule has 0 bridgehead atoms. The Labute approximate surface area is 138 Å². The van der Waals surface area contributed by atoms with E-state index in [9.17, 15) is 13.2 Å².